The summed E-state index contributed by atoms with van der Waals surface area (Å²) in [5.41, 5.74) is 2.10. The van der Waals surface area contributed by atoms with Gasteiger partial charge in [-0.15, -0.1) is 0 Å². The molecule has 1 amide bonds. The minimum absolute atomic E-state index is 0.182. The average molecular weight is 505 g/mol. The number of methoxy groups -OCH3 is 1. The SMILES string of the molecule is COc1ccc([C@H]2CCN(CCCCC(C)CCN(C=O)Cc3ccc(C)c(F)c3)C[C@@H]2F)cc1F. The summed E-state index contributed by atoms with van der Waals surface area (Å²) >= 11 is 0. The van der Waals surface area contributed by atoms with Gasteiger partial charge in [-0.05, 0) is 80.1 Å². The van der Waals surface area contributed by atoms with Gasteiger partial charge < -0.3 is 14.5 Å². The Kier molecular flexibility index (Phi) is 10.7. The second kappa shape index (κ2) is 13.7. The van der Waals surface area contributed by atoms with E-state index in [4.69, 9.17) is 4.74 Å². The summed E-state index contributed by atoms with van der Waals surface area (Å²) in [5, 5.41) is 0. The Labute approximate surface area is 213 Å². The fourth-order valence-corrected chi connectivity index (χ4v) is 4.96. The lowest BCUT2D eigenvalue weighted by Crippen LogP contribution is -2.41. The van der Waals surface area contributed by atoms with Crippen molar-refractivity contribution in [2.45, 2.75) is 64.6 Å². The van der Waals surface area contributed by atoms with E-state index >= 15 is 0 Å². The van der Waals surface area contributed by atoms with Gasteiger partial charge in [-0.3, -0.25) is 4.79 Å². The van der Waals surface area contributed by atoms with Crippen LogP contribution in [0.5, 0.6) is 5.75 Å². The molecular formula is C29H39F3N2O2. The third-order valence-corrected chi connectivity index (χ3v) is 7.33. The summed E-state index contributed by atoms with van der Waals surface area (Å²) in [5.74, 6) is -0.323. The molecule has 36 heavy (non-hydrogen) atoms. The molecule has 1 aliphatic rings. The van der Waals surface area contributed by atoms with Crippen LogP contribution >= 0.6 is 0 Å². The van der Waals surface area contributed by atoms with E-state index < -0.39 is 12.0 Å². The van der Waals surface area contributed by atoms with Crippen LogP contribution in [0.3, 0.4) is 0 Å². The first kappa shape index (κ1) is 28.0. The predicted octanol–water partition coefficient (Wildman–Crippen LogP) is 6.26. The molecule has 0 radical (unpaired) electrons. The van der Waals surface area contributed by atoms with Crippen molar-refractivity contribution < 1.29 is 22.7 Å². The summed E-state index contributed by atoms with van der Waals surface area (Å²) in [6, 6.07) is 9.83. The fraction of sp³-hybridized carbons (Fsp3) is 0.552. The van der Waals surface area contributed by atoms with Gasteiger partial charge in [-0.2, -0.15) is 0 Å². The van der Waals surface area contributed by atoms with Gasteiger partial charge in [0, 0.05) is 25.6 Å². The maximum absolute atomic E-state index is 14.9. The Bertz CT molecular complexity index is 987. The standard InChI is InChI=1S/C29H39F3N2O2/c1-21(11-14-34(20-35)18-23-8-7-22(2)26(30)16-23)6-4-5-13-33-15-12-25(28(32)19-33)24-9-10-29(36-3)27(31)17-24/h7-10,16-17,20-21,25,28H,4-6,11-15,18-19H2,1-3H3/t21?,25-,28+/m1/s1. The van der Waals surface area contributed by atoms with E-state index in [1.165, 1.54) is 19.2 Å². The smallest absolute Gasteiger partial charge is 0.210 e. The van der Waals surface area contributed by atoms with Crippen molar-refractivity contribution in [3.8, 4) is 5.75 Å². The number of piperidine rings is 1. The number of halogens is 3. The lowest BCUT2D eigenvalue weighted by atomic mass is 9.87. The first-order valence-corrected chi connectivity index (χ1v) is 12.9. The van der Waals surface area contributed by atoms with Gasteiger partial charge in [0.2, 0.25) is 6.41 Å². The van der Waals surface area contributed by atoms with Gasteiger partial charge in [-0.1, -0.05) is 38.0 Å². The van der Waals surface area contributed by atoms with Crippen molar-refractivity contribution in [2.75, 3.05) is 33.3 Å². The van der Waals surface area contributed by atoms with Crippen LogP contribution in [-0.2, 0) is 11.3 Å². The van der Waals surface area contributed by atoms with Gasteiger partial charge in [0.1, 0.15) is 12.0 Å². The largest absolute Gasteiger partial charge is 0.494 e. The Hall–Kier alpha value is -2.54. The summed E-state index contributed by atoms with van der Waals surface area (Å²) < 4.78 is 47.7. The number of rotatable bonds is 13. The topological polar surface area (TPSA) is 32.8 Å². The molecule has 0 N–H and O–H groups in total. The van der Waals surface area contributed by atoms with Crippen LogP contribution in [0.2, 0.25) is 0 Å². The molecule has 0 bridgehead atoms. The number of amides is 1. The van der Waals surface area contributed by atoms with Gasteiger partial charge >= 0.3 is 0 Å². The number of hydrogen-bond donors (Lipinski definition) is 0. The first-order chi connectivity index (χ1) is 17.3. The zero-order valence-electron chi connectivity index (χ0n) is 21.7. The Morgan fingerprint density at radius 1 is 1.14 bits per heavy atom. The summed E-state index contributed by atoms with van der Waals surface area (Å²) in [6.07, 6.45) is 4.49. The molecular weight excluding hydrogens is 465 g/mol. The molecule has 7 heteroatoms. The predicted molar refractivity (Wildman–Crippen MR) is 137 cm³/mol. The highest BCUT2D eigenvalue weighted by Gasteiger charge is 2.30. The molecule has 0 saturated carbocycles. The molecule has 1 unspecified atom stereocenters. The van der Waals surface area contributed by atoms with Gasteiger partial charge in [0.05, 0.1) is 7.11 Å². The van der Waals surface area contributed by atoms with E-state index in [0.29, 0.717) is 43.1 Å². The lowest BCUT2D eigenvalue weighted by molar-refractivity contribution is -0.118. The molecule has 2 aromatic carbocycles. The van der Waals surface area contributed by atoms with Crippen molar-refractivity contribution in [3.63, 3.8) is 0 Å². The van der Waals surface area contributed by atoms with Gasteiger partial charge in [0.15, 0.2) is 11.6 Å². The average Bonchev–Trinajstić information content (AvgIpc) is 2.86. The van der Waals surface area contributed by atoms with E-state index in [1.807, 2.05) is 6.07 Å². The number of carbonyl (C=O) groups is 1. The van der Waals surface area contributed by atoms with Gasteiger partial charge in [-0.25, -0.2) is 13.2 Å². The van der Waals surface area contributed by atoms with Crippen molar-refractivity contribution in [3.05, 3.63) is 64.7 Å². The first-order valence-electron chi connectivity index (χ1n) is 12.9. The minimum atomic E-state index is -1.01. The second-order valence-electron chi connectivity index (χ2n) is 10.2. The van der Waals surface area contributed by atoms with E-state index in [9.17, 15) is 18.0 Å². The minimum Gasteiger partial charge on any atom is -0.494 e. The molecule has 0 aromatic heterocycles. The number of alkyl halides is 1. The Morgan fingerprint density at radius 2 is 1.94 bits per heavy atom. The van der Waals surface area contributed by atoms with Crippen LogP contribution in [-0.4, -0.2) is 55.7 Å². The number of aryl methyl sites for hydroxylation is 1. The summed E-state index contributed by atoms with van der Waals surface area (Å²) in [7, 11) is 1.42. The molecule has 4 nitrogen and oxygen atoms in total. The van der Waals surface area contributed by atoms with Crippen molar-refractivity contribution in [1.82, 2.24) is 9.80 Å². The molecule has 2 aromatic rings. The lowest BCUT2D eigenvalue weighted by Gasteiger charge is -2.35. The molecule has 0 spiro atoms. The second-order valence-corrected chi connectivity index (χ2v) is 10.2. The van der Waals surface area contributed by atoms with Crippen molar-refractivity contribution in [1.29, 1.82) is 0 Å². The molecule has 1 saturated heterocycles. The number of nitrogens with zero attached hydrogens (tertiary/aromatic N) is 2. The third kappa shape index (κ3) is 7.99. The summed E-state index contributed by atoms with van der Waals surface area (Å²) in [4.78, 5) is 15.3. The number of unbranched alkanes of at least 4 members (excludes halogenated alkanes) is 1. The molecule has 1 aliphatic heterocycles. The normalized spacial score (nSPS) is 19.2. The quantitative estimate of drug-likeness (QED) is 0.238. The highest BCUT2D eigenvalue weighted by molar-refractivity contribution is 5.47. The van der Waals surface area contributed by atoms with Crippen LogP contribution in [0.25, 0.3) is 0 Å². The third-order valence-electron chi connectivity index (χ3n) is 7.33. The van der Waals surface area contributed by atoms with Crippen LogP contribution < -0.4 is 4.74 Å². The van der Waals surface area contributed by atoms with E-state index in [1.54, 1.807) is 30.0 Å². The summed E-state index contributed by atoms with van der Waals surface area (Å²) in [6.45, 7) is 7.01. The van der Waals surface area contributed by atoms with Gasteiger partial charge in [0.25, 0.3) is 0 Å². The van der Waals surface area contributed by atoms with Crippen LogP contribution in [0, 0.1) is 24.5 Å². The van der Waals surface area contributed by atoms with Crippen molar-refractivity contribution >= 4 is 6.41 Å². The monoisotopic (exact) mass is 504 g/mol. The molecule has 0 aliphatic carbocycles. The zero-order valence-corrected chi connectivity index (χ0v) is 21.7. The Balaban J connectivity index is 1.33. The van der Waals surface area contributed by atoms with Crippen LogP contribution in [0.4, 0.5) is 13.2 Å². The van der Waals surface area contributed by atoms with Crippen LogP contribution in [0.1, 0.15) is 61.6 Å². The van der Waals surface area contributed by atoms with E-state index in [0.717, 1.165) is 50.7 Å². The Morgan fingerprint density at radius 3 is 2.61 bits per heavy atom. The molecule has 3 atom stereocenters. The number of ether oxygens (including phenoxy) is 1. The van der Waals surface area contributed by atoms with E-state index in [-0.39, 0.29) is 17.5 Å². The van der Waals surface area contributed by atoms with Crippen LogP contribution in [0.15, 0.2) is 36.4 Å². The molecule has 1 heterocycles. The number of carbonyl (C=O) groups excluding carboxylic acids is 1. The number of benzene rings is 2. The van der Waals surface area contributed by atoms with Crippen molar-refractivity contribution in [2.24, 2.45) is 5.92 Å². The number of likely N-dealkylation sites (tertiary alicyclic amines) is 1. The molecule has 3 rings (SSSR count). The number of hydrogen-bond acceptors (Lipinski definition) is 3. The molecule has 1 fully saturated rings. The van der Waals surface area contributed by atoms with E-state index in [2.05, 4.69) is 11.8 Å². The maximum Gasteiger partial charge on any atom is 0.210 e. The highest BCUT2D eigenvalue weighted by atomic mass is 19.1. The fourth-order valence-electron chi connectivity index (χ4n) is 4.96. The molecule has 198 valence electrons. The highest BCUT2D eigenvalue weighted by Crippen LogP contribution is 2.33. The zero-order chi connectivity index (χ0) is 26.1. The maximum atomic E-state index is 14.9.